The summed E-state index contributed by atoms with van der Waals surface area (Å²) < 4.78 is 16.6. The average molecular weight is 354 g/mol. The van der Waals surface area contributed by atoms with Crippen molar-refractivity contribution in [3.05, 3.63) is 47.5 Å². The predicted octanol–water partition coefficient (Wildman–Crippen LogP) is 4.45. The molecule has 1 aliphatic rings. The summed E-state index contributed by atoms with van der Waals surface area (Å²) in [5.74, 6) is 1.07. The number of ketones is 1. The van der Waals surface area contributed by atoms with Gasteiger partial charge in [0.05, 0.1) is 12.7 Å². The van der Waals surface area contributed by atoms with Crippen LogP contribution in [0.4, 0.5) is 0 Å². The van der Waals surface area contributed by atoms with Crippen LogP contribution in [-0.4, -0.2) is 25.1 Å². The van der Waals surface area contributed by atoms with E-state index in [0.29, 0.717) is 11.5 Å². The maximum Gasteiger partial charge on any atom is 0.594 e. The first kappa shape index (κ1) is 18.2. The number of phenolic OH excluding ortho intramolecular Hbond substituents is 1. The lowest BCUT2D eigenvalue weighted by molar-refractivity contribution is 0.0963. The van der Waals surface area contributed by atoms with Gasteiger partial charge in [-0.2, -0.15) is 0 Å². The number of ether oxygens (including phenoxy) is 1. The van der Waals surface area contributed by atoms with Gasteiger partial charge in [-0.25, -0.2) is 0 Å². The van der Waals surface area contributed by atoms with E-state index in [2.05, 4.69) is 6.92 Å². The minimum absolute atomic E-state index is 0.0890. The third-order valence-electron chi connectivity index (χ3n) is 4.65. The van der Waals surface area contributed by atoms with Crippen molar-refractivity contribution in [1.29, 1.82) is 0 Å². The van der Waals surface area contributed by atoms with Crippen molar-refractivity contribution in [2.24, 2.45) is 0 Å². The number of unbranched alkanes of at least 4 members (excludes halogenated alkanes) is 1. The second kappa shape index (κ2) is 7.73. The maximum atomic E-state index is 12.9. The Labute approximate surface area is 154 Å². The van der Waals surface area contributed by atoms with Gasteiger partial charge in [0.25, 0.3) is 0 Å². The van der Waals surface area contributed by atoms with Crippen LogP contribution in [0.25, 0.3) is 0 Å². The standard InChI is InChI=1S/C20H23BO5/c1-4-5-10-21-25-18-11-16(17(22)12-19(18)26-21)20(23)13(2)14-6-8-15(24-3)9-7-14/h6-9,11-13,22H,4-5,10H2,1-3H3. The summed E-state index contributed by atoms with van der Waals surface area (Å²) in [6, 6.07) is 10.4. The zero-order valence-corrected chi connectivity index (χ0v) is 15.3. The highest BCUT2D eigenvalue weighted by Gasteiger charge is 2.33. The van der Waals surface area contributed by atoms with Gasteiger partial charge in [0.15, 0.2) is 5.78 Å². The number of rotatable bonds is 7. The quantitative estimate of drug-likeness (QED) is 0.588. The van der Waals surface area contributed by atoms with E-state index in [1.807, 2.05) is 31.2 Å². The summed E-state index contributed by atoms with van der Waals surface area (Å²) in [5, 5.41) is 10.3. The summed E-state index contributed by atoms with van der Waals surface area (Å²) >= 11 is 0. The molecule has 2 aromatic rings. The Hall–Kier alpha value is -2.63. The van der Waals surface area contributed by atoms with Crippen LogP contribution in [-0.2, 0) is 0 Å². The number of fused-ring (bicyclic) bond motifs is 1. The molecule has 0 saturated carbocycles. The highest BCUT2D eigenvalue weighted by Crippen LogP contribution is 2.41. The van der Waals surface area contributed by atoms with Crippen molar-refractivity contribution in [3.8, 4) is 23.0 Å². The molecule has 0 bridgehead atoms. The summed E-state index contributed by atoms with van der Waals surface area (Å²) in [5.41, 5.74) is 1.10. The van der Waals surface area contributed by atoms with Gasteiger partial charge < -0.3 is 19.2 Å². The van der Waals surface area contributed by atoms with Crippen molar-refractivity contribution in [2.45, 2.75) is 38.9 Å². The summed E-state index contributed by atoms with van der Waals surface area (Å²) in [4.78, 5) is 12.9. The van der Waals surface area contributed by atoms with Crippen LogP contribution < -0.4 is 14.0 Å². The fourth-order valence-electron chi connectivity index (χ4n) is 3.00. The van der Waals surface area contributed by atoms with Gasteiger partial charge in [0.1, 0.15) is 23.0 Å². The highest BCUT2D eigenvalue weighted by atomic mass is 16.6. The lowest BCUT2D eigenvalue weighted by Gasteiger charge is -2.13. The third-order valence-corrected chi connectivity index (χ3v) is 4.65. The van der Waals surface area contributed by atoms with E-state index in [-0.39, 0.29) is 24.2 Å². The van der Waals surface area contributed by atoms with Gasteiger partial charge in [0, 0.05) is 18.3 Å². The van der Waals surface area contributed by atoms with Gasteiger partial charge in [-0.1, -0.05) is 38.8 Å². The average Bonchev–Trinajstić information content (AvgIpc) is 3.06. The van der Waals surface area contributed by atoms with Crippen LogP contribution >= 0.6 is 0 Å². The molecule has 1 atom stereocenters. The number of carbonyl (C=O) groups excluding carboxylic acids is 1. The van der Waals surface area contributed by atoms with E-state index in [4.69, 9.17) is 14.0 Å². The Morgan fingerprint density at radius 2 is 1.85 bits per heavy atom. The van der Waals surface area contributed by atoms with Crippen molar-refractivity contribution in [1.82, 2.24) is 0 Å². The zero-order chi connectivity index (χ0) is 18.7. The number of hydrogen-bond donors (Lipinski definition) is 1. The molecule has 5 nitrogen and oxygen atoms in total. The molecule has 6 heteroatoms. The van der Waals surface area contributed by atoms with Gasteiger partial charge >= 0.3 is 7.12 Å². The molecule has 1 heterocycles. The molecular weight excluding hydrogens is 331 g/mol. The Bertz CT molecular complexity index is 788. The normalized spacial score (nSPS) is 13.6. The van der Waals surface area contributed by atoms with E-state index in [1.165, 1.54) is 6.07 Å². The topological polar surface area (TPSA) is 65.0 Å². The van der Waals surface area contributed by atoms with E-state index in [9.17, 15) is 9.90 Å². The number of benzene rings is 2. The molecule has 2 aromatic carbocycles. The second-order valence-electron chi connectivity index (χ2n) is 6.48. The Morgan fingerprint density at radius 3 is 2.46 bits per heavy atom. The van der Waals surface area contributed by atoms with Gasteiger partial charge in [-0.15, -0.1) is 0 Å². The molecule has 0 saturated heterocycles. The van der Waals surface area contributed by atoms with Crippen LogP contribution in [0, 0.1) is 0 Å². The van der Waals surface area contributed by atoms with E-state index in [0.717, 1.165) is 30.5 Å². The maximum absolute atomic E-state index is 12.9. The highest BCUT2D eigenvalue weighted by molar-refractivity contribution is 6.47. The first-order valence-corrected chi connectivity index (χ1v) is 8.92. The molecule has 0 aliphatic carbocycles. The zero-order valence-electron chi connectivity index (χ0n) is 15.3. The monoisotopic (exact) mass is 354 g/mol. The van der Waals surface area contributed by atoms with Crippen LogP contribution in [0.3, 0.4) is 0 Å². The number of methoxy groups -OCH3 is 1. The van der Waals surface area contributed by atoms with Crippen LogP contribution in [0.2, 0.25) is 6.32 Å². The predicted molar refractivity (Wildman–Crippen MR) is 101 cm³/mol. The Morgan fingerprint density at radius 1 is 1.19 bits per heavy atom. The SMILES string of the molecule is CCCCB1Oc2cc(O)c(C(=O)C(C)c3ccc(OC)cc3)cc2O1. The molecule has 1 N–H and O–H groups in total. The molecule has 0 radical (unpaired) electrons. The molecule has 26 heavy (non-hydrogen) atoms. The largest absolute Gasteiger partial charge is 0.594 e. The first-order valence-electron chi connectivity index (χ1n) is 8.92. The van der Waals surface area contributed by atoms with Crippen LogP contribution in [0.5, 0.6) is 23.0 Å². The van der Waals surface area contributed by atoms with Crippen molar-refractivity contribution >= 4 is 12.9 Å². The number of carbonyl (C=O) groups is 1. The first-order chi connectivity index (χ1) is 12.5. The van der Waals surface area contributed by atoms with Gasteiger partial charge in [-0.05, 0) is 23.8 Å². The summed E-state index contributed by atoms with van der Waals surface area (Å²) in [6.07, 6.45) is 2.82. The number of hydrogen-bond acceptors (Lipinski definition) is 5. The molecular formula is C20H23BO5. The van der Waals surface area contributed by atoms with Crippen LogP contribution in [0.1, 0.15) is 48.5 Å². The lowest BCUT2D eigenvalue weighted by atomic mass is 9.83. The third kappa shape index (κ3) is 3.64. The van der Waals surface area contributed by atoms with Crippen molar-refractivity contribution < 1.29 is 23.9 Å². The summed E-state index contributed by atoms with van der Waals surface area (Å²) in [7, 11) is 1.25. The molecule has 0 amide bonds. The minimum Gasteiger partial charge on any atom is -0.523 e. The van der Waals surface area contributed by atoms with Crippen molar-refractivity contribution in [2.75, 3.05) is 7.11 Å². The minimum atomic E-state index is -0.400. The molecule has 3 rings (SSSR count). The molecule has 0 aromatic heterocycles. The van der Waals surface area contributed by atoms with Crippen LogP contribution in [0.15, 0.2) is 36.4 Å². The second-order valence-corrected chi connectivity index (χ2v) is 6.48. The van der Waals surface area contributed by atoms with Gasteiger partial charge in [0.2, 0.25) is 0 Å². The van der Waals surface area contributed by atoms with Crippen molar-refractivity contribution in [3.63, 3.8) is 0 Å². The smallest absolute Gasteiger partial charge is 0.523 e. The van der Waals surface area contributed by atoms with E-state index >= 15 is 0 Å². The van der Waals surface area contributed by atoms with E-state index in [1.54, 1.807) is 13.2 Å². The molecule has 1 aliphatic heterocycles. The fraction of sp³-hybridized carbons (Fsp3) is 0.350. The Balaban J connectivity index is 1.80. The van der Waals surface area contributed by atoms with Gasteiger partial charge in [-0.3, -0.25) is 4.79 Å². The molecule has 136 valence electrons. The number of Topliss-reactive ketones (excluding diaryl/α,β-unsaturated/α-hetero) is 1. The molecule has 0 spiro atoms. The molecule has 0 fully saturated rings. The Kier molecular flexibility index (Phi) is 5.40. The molecule has 1 unspecified atom stereocenters. The number of aromatic hydroxyl groups is 1. The lowest BCUT2D eigenvalue weighted by Crippen LogP contribution is -2.23. The summed E-state index contributed by atoms with van der Waals surface area (Å²) in [6.45, 7) is 3.92. The number of phenols is 1. The van der Waals surface area contributed by atoms with E-state index < -0.39 is 5.92 Å². The fourth-order valence-corrected chi connectivity index (χ4v) is 3.00.